The molecule has 0 amide bonds. The van der Waals surface area contributed by atoms with Gasteiger partial charge in [0.15, 0.2) is 6.35 Å². The molecule has 2 atom stereocenters. The van der Waals surface area contributed by atoms with E-state index < -0.39 is 6.35 Å². The standard InChI is InChI=1S/C13H26BO.Li/c1-7-10-11-14(15-6,12(4)8-2)13(5)9-3;/h12-13H,7-9H2,1-6H3;/q-1;+1. The summed E-state index contributed by atoms with van der Waals surface area (Å²) < 4.78 is 5.83. The van der Waals surface area contributed by atoms with Crippen molar-refractivity contribution < 1.29 is 23.5 Å². The first kappa shape index (κ1) is 18.5. The number of rotatable bonds is 5. The van der Waals surface area contributed by atoms with Crippen molar-refractivity contribution in [1.82, 2.24) is 0 Å². The van der Waals surface area contributed by atoms with Crippen LogP contribution in [0.5, 0.6) is 0 Å². The topological polar surface area (TPSA) is 9.23 Å². The van der Waals surface area contributed by atoms with E-state index >= 15 is 0 Å². The summed E-state index contributed by atoms with van der Waals surface area (Å²) in [6.45, 7) is 11.1. The maximum absolute atomic E-state index is 5.83. The van der Waals surface area contributed by atoms with Gasteiger partial charge in [0.25, 0.3) is 0 Å². The van der Waals surface area contributed by atoms with Crippen molar-refractivity contribution in [3.63, 3.8) is 0 Å². The summed E-state index contributed by atoms with van der Waals surface area (Å²) in [5.74, 6) is 7.74. The summed E-state index contributed by atoms with van der Waals surface area (Å²) in [6, 6.07) is 0. The van der Waals surface area contributed by atoms with Gasteiger partial charge in [-0.1, -0.05) is 47.5 Å². The molecule has 0 bridgehead atoms. The van der Waals surface area contributed by atoms with Crippen molar-refractivity contribution in [3.05, 3.63) is 0 Å². The molecular formula is C13H26BLiO. The van der Waals surface area contributed by atoms with Crippen LogP contribution in [-0.4, -0.2) is 13.5 Å². The van der Waals surface area contributed by atoms with Crippen LogP contribution in [0.15, 0.2) is 0 Å². The van der Waals surface area contributed by atoms with E-state index in [2.05, 4.69) is 46.4 Å². The van der Waals surface area contributed by atoms with Crippen LogP contribution >= 0.6 is 0 Å². The fourth-order valence-electron chi connectivity index (χ4n) is 2.33. The van der Waals surface area contributed by atoms with E-state index in [0.29, 0.717) is 11.6 Å². The Labute approximate surface area is 114 Å². The van der Waals surface area contributed by atoms with E-state index in [1.165, 1.54) is 0 Å². The first-order chi connectivity index (χ1) is 7.08. The molecule has 2 unspecified atom stereocenters. The molecule has 3 heteroatoms. The Kier molecular flexibility index (Phi) is 10.7. The van der Waals surface area contributed by atoms with E-state index in [1.54, 1.807) is 0 Å². The summed E-state index contributed by atoms with van der Waals surface area (Å²) in [7, 11) is 1.82. The van der Waals surface area contributed by atoms with Gasteiger partial charge in [0.2, 0.25) is 0 Å². The van der Waals surface area contributed by atoms with Crippen molar-refractivity contribution in [3.8, 4) is 11.7 Å². The first-order valence-electron chi connectivity index (χ1n) is 6.30. The van der Waals surface area contributed by atoms with E-state index in [1.807, 2.05) is 7.11 Å². The van der Waals surface area contributed by atoms with Gasteiger partial charge in [-0.05, 0) is 7.11 Å². The summed E-state index contributed by atoms with van der Waals surface area (Å²) in [5, 5.41) is 0. The van der Waals surface area contributed by atoms with Crippen LogP contribution in [0.25, 0.3) is 0 Å². The van der Waals surface area contributed by atoms with Crippen molar-refractivity contribution in [1.29, 1.82) is 0 Å². The van der Waals surface area contributed by atoms with Crippen LogP contribution in [0.3, 0.4) is 0 Å². The zero-order valence-corrected chi connectivity index (χ0v) is 12.3. The summed E-state index contributed by atoms with van der Waals surface area (Å²) in [6.07, 6.45) is 2.21. The maximum Gasteiger partial charge on any atom is 1.00 e. The summed E-state index contributed by atoms with van der Waals surface area (Å²) >= 11 is 0. The van der Waals surface area contributed by atoms with Crippen molar-refractivity contribution in [2.24, 2.45) is 0 Å². The van der Waals surface area contributed by atoms with Gasteiger partial charge >= 0.3 is 18.9 Å². The molecule has 0 aromatic heterocycles. The van der Waals surface area contributed by atoms with Crippen LogP contribution < -0.4 is 18.9 Å². The molecule has 88 valence electrons. The fourth-order valence-corrected chi connectivity index (χ4v) is 2.33. The van der Waals surface area contributed by atoms with Crippen LogP contribution in [0, 0.1) is 11.7 Å². The third-order valence-electron chi connectivity index (χ3n) is 3.87. The Morgan fingerprint density at radius 2 is 1.50 bits per heavy atom. The molecule has 0 N–H and O–H groups in total. The predicted octanol–water partition coefficient (Wildman–Crippen LogP) is 1.14. The molecule has 0 radical (unpaired) electrons. The van der Waals surface area contributed by atoms with Gasteiger partial charge in [-0.25, -0.2) is 0 Å². The van der Waals surface area contributed by atoms with E-state index in [9.17, 15) is 0 Å². The van der Waals surface area contributed by atoms with Crippen LogP contribution in [0.4, 0.5) is 0 Å². The van der Waals surface area contributed by atoms with E-state index in [0.717, 1.165) is 19.3 Å². The Balaban J connectivity index is 0. The molecule has 0 saturated carbocycles. The van der Waals surface area contributed by atoms with Crippen LogP contribution in [0.1, 0.15) is 53.9 Å². The first-order valence-corrected chi connectivity index (χ1v) is 6.30. The molecular weight excluding hydrogens is 190 g/mol. The quantitative estimate of drug-likeness (QED) is 0.494. The van der Waals surface area contributed by atoms with E-state index in [-0.39, 0.29) is 18.9 Å². The second-order valence-electron chi connectivity index (χ2n) is 4.60. The molecule has 0 aromatic carbocycles. The molecule has 0 aliphatic rings. The number of hydrogen-bond acceptors (Lipinski definition) is 1. The van der Waals surface area contributed by atoms with Gasteiger partial charge in [-0.3, -0.25) is 5.82 Å². The Hall–Kier alpha value is 0.182. The van der Waals surface area contributed by atoms with E-state index in [4.69, 9.17) is 4.65 Å². The molecule has 16 heavy (non-hydrogen) atoms. The monoisotopic (exact) mass is 216 g/mol. The maximum atomic E-state index is 5.83. The molecule has 0 aromatic rings. The third-order valence-corrected chi connectivity index (χ3v) is 3.87. The molecule has 0 spiro atoms. The van der Waals surface area contributed by atoms with Gasteiger partial charge in [-0.2, -0.15) is 0 Å². The zero-order chi connectivity index (χ0) is 11.9. The predicted molar refractivity (Wildman–Crippen MR) is 70.3 cm³/mol. The third kappa shape index (κ3) is 4.21. The van der Waals surface area contributed by atoms with Crippen molar-refractivity contribution in [2.75, 3.05) is 7.11 Å². The van der Waals surface area contributed by atoms with Gasteiger partial charge in [0.05, 0.1) is 0 Å². The molecule has 0 aliphatic heterocycles. The minimum atomic E-state index is -0.974. The molecule has 0 saturated heterocycles. The molecule has 1 nitrogen and oxygen atoms in total. The normalized spacial score (nSPS) is 17.4. The average molecular weight is 216 g/mol. The van der Waals surface area contributed by atoms with Crippen molar-refractivity contribution in [2.45, 2.75) is 65.5 Å². The molecule has 0 aliphatic carbocycles. The Morgan fingerprint density at radius 1 is 1.06 bits per heavy atom. The van der Waals surface area contributed by atoms with Gasteiger partial charge in [-0.15, -0.1) is 17.6 Å². The molecule has 0 fully saturated rings. The Morgan fingerprint density at radius 3 is 1.75 bits per heavy atom. The largest absolute Gasteiger partial charge is 1.00 e. The van der Waals surface area contributed by atoms with Gasteiger partial charge < -0.3 is 4.65 Å². The van der Waals surface area contributed by atoms with Crippen molar-refractivity contribution >= 4 is 6.35 Å². The minimum absolute atomic E-state index is 0. The molecule has 0 heterocycles. The second kappa shape index (κ2) is 9.24. The number of hydrogen-bond donors (Lipinski definition) is 0. The summed E-state index contributed by atoms with van der Waals surface area (Å²) in [5.41, 5.74) is 0. The van der Waals surface area contributed by atoms with Gasteiger partial charge in [0, 0.05) is 6.42 Å². The average Bonchev–Trinajstić information content (AvgIpc) is 2.29. The molecule has 0 rings (SSSR count). The Bertz CT molecular complexity index is 222. The van der Waals surface area contributed by atoms with Gasteiger partial charge in [0.1, 0.15) is 0 Å². The van der Waals surface area contributed by atoms with Crippen LogP contribution in [-0.2, 0) is 4.65 Å². The minimum Gasteiger partial charge on any atom is -0.582 e. The smallest absolute Gasteiger partial charge is 0.582 e. The summed E-state index contributed by atoms with van der Waals surface area (Å²) in [4.78, 5) is 0. The SMILES string of the molecule is CCC#C[B-](OC)(C(C)CC)C(C)CC.[Li+]. The second-order valence-corrected chi connectivity index (χ2v) is 4.60. The fraction of sp³-hybridized carbons (Fsp3) is 0.846. The van der Waals surface area contributed by atoms with Crippen LogP contribution in [0.2, 0.25) is 11.6 Å². The zero-order valence-electron chi connectivity index (χ0n) is 12.3.